The number of alkyl halides is 3. The van der Waals surface area contributed by atoms with Crippen LogP contribution in [-0.2, 0) is 22.3 Å². The molecule has 0 radical (unpaired) electrons. The second kappa shape index (κ2) is 15.1. The van der Waals surface area contributed by atoms with Crippen LogP contribution in [0.15, 0.2) is 133 Å². The second-order valence-corrected chi connectivity index (χ2v) is 10.9. The molecule has 0 spiro atoms. The number of nitrogens with zero attached hydrogens (tertiary/aromatic N) is 1. The third kappa shape index (κ3) is 8.68. The lowest BCUT2D eigenvalue weighted by Gasteiger charge is -2.22. The molecule has 0 heterocycles. The fourth-order valence-corrected chi connectivity index (χ4v) is 5.09. The molecule has 0 aliphatic carbocycles. The molecule has 0 aromatic heterocycles. The van der Waals surface area contributed by atoms with Gasteiger partial charge in [0.05, 0.1) is 30.0 Å². The molecule has 0 atom stereocenters. The van der Waals surface area contributed by atoms with Gasteiger partial charge in [0.15, 0.2) is 11.6 Å². The molecule has 5 aromatic carbocycles. The Kier molecular flexibility index (Phi) is 10.6. The maximum atomic E-state index is 13.4. The molecule has 0 saturated carbocycles. The highest BCUT2D eigenvalue weighted by Gasteiger charge is 2.30. The van der Waals surface area contributed by atoms with E-state index in [0.29, 0.717) is 16.8 Å². The first-order valence-corrected chi connectivity index (χ1v) is 14.9. The molecule has 48 heavy (non-hydrogen) atoms. The van der Waals surface area contributed by atoms with Crippen LogP contribution in [0.25, 0.3) is 0 Å². The molecule has 7 nitrogen and oxygen atoms in total. The topological polar surface area (TPSA) is 95.6 Å². The van der Waals surface area contributed by atoms with Gasteiger partial charge in [0.25, 0.3) is 0 Å². The van der Waals surface area contributed by atoms with Crippen molar-refractivity contribution in [2.45, 2.75) is 12.7 Å². The van der Waals surface area contributed by atoms with Gasteiger partial charge in [0.1, 0.15) is 0 Å². The lowest BCUT2D eigenvalue weighted by atomic mass is 10.0. The number of benzene rings is 5. The minimum atomic E-state index is -4.54. The van der Waals surface area contributed by atoms with Gasteiger partial charge in [-0.1, -0.05) is 97.1 Å². The van der Waals surface area contributed by atoms with E-state index < -0.39 is 29.3 Å². The Balaban J connectivity index is 1.31. The van der Waals surface area contributed by atoms with E-state index >= 15 is 0 Å². The van der Waals surface area contributed by atoms with E-state index in [9.17, 15) is 32.3 Å². The van der Waals surface area contributed by atoms with Crippen LogP contribution in [0.5, 0.6) is 0 Å². The minimum absolute atomic E-state index is 0.0260. The molecule has 0 bridgehead atoms. The van der Waals surface area contributed by atoms with Crippen LogP contribution in [0.1, 0.15) is 43.0 Å². The van der Waals surface area contributed by atoms with E-state index in [2.05, 4.69) is 10.6 Å². The van der Waals surface area contributed by atoms with E-state index in [0.717, 1.165) is 29.8 Å². The van der Waals surface area contributed by atoms with Crippen molar-refractivity contribution in [2.24, 2.45) is 0 Å². The Morgan fingerprint density at radius 2 is 0.938 bits per heavy atom. The van der Waals surface area contributed by atoms with Gasteiger partial charge in [-0.3, -0.25) is 24.1 Å². The van der Waals surface area contributed by atoms with Crippen LogP contribution in [0.4, 0.5) is 24.5 Å². The zero-order valence-corrected chi connectivity index (χ0v) is 25.5. The number of carbonyl (C=O) groups is 4. The molecule has 5 aromatic rings. The minimum Gasteiger partial charge on any atom is -0.324 e. The van der Waals surface area contributed by atoms with Crippen molar-refractivity contribution in [2.75, 3.05) is 23.7 Å². The molecular weight excluding hydrogens is 619 g/mol. The standard InChI is InChI=1S/C38H30F3N3O4/c39-38(40,41)29-21-19-28(20-22-29)37(48)31-16-8-10-18-33(31)43-35(46)25-44(23-26-11-3-1-4-12-26)24-34(45)42-32-17-9-7-15-30(32)36(47)27-13-5-2-6-14-27/h1-22H,23-25H2,(H,42,45)(H,43,46). The molecule has 0 aliphatic heterocycles. The van der Waals surface area contributed by atoms with Crippen molar-refractivity contribution in [3.63, 3.8) is 0 Å². The number of para-hydroxylation sites is 2. The summed E-state index contributed by atoms with van der Waals surface area (Å²) in [5.41, 5.74) is 1.37. The Hall–Kier alpha value is -5.87. The smallest absolute Gasteiger partial charge is 0.324 e. The van der Waals surface area contributed by atoms with Gasteiger partial charge in [0.2, 0.25) is 11.8 Å². The number of carbonyl (C=O) groups excluding carboxylic acids is 4. The molecule has 0 aliphatic rings. The van der Waals surface area contributed by atoms with Gasteiger partial charge >= 0.3 is 6.18 Å². The summed E-state index contributed by atoms with van der Waals surface area (Å²) in [7, 11) is 0. The van der Waals surface area contributed by atoms with Crippen molar-refractivity contribution < 1.29 is 32.3 Å². The summed E-state index contributed by atoms with van der Waals surface area (Å²) in [5.74, 6) is -1.80. The summed E-state index contributed by atoms with van der Waals surface area (Å²) >= 11 is 0. The van der Waals surface area contributed by atoms with Gasteiger partial charge in [-0.15, -0.1) is 0 Å². The monoisotopic (exact) mass is 649 g/mol. The van der Waals surface area contributed by atoms with Gasteiger partial charge < -0.3 is 10.6 Å². The molecule has 0 saturated heterocycles. The molecule has 242 valence electrons. The third-order valence-corrected chi connectivity index (χ3v) is 7.39. The van der Waals surface area contributed by atoms with E-state index in [1.165, 1.54) is 12.1 Å². The summed E-state index contributed by atoms with van der Waals surface area (Å²) in [5, 5.41) is 5.53. The number of rotatable bonds is 12. The Labute approximate surface area is 275 Å². The Morgan fingerprint density at radius 3 is 1.42 bits per heavy atom. The van der Waals surface area contributed by atoms with Gasteiger partial charge in [0, 0.05) is 28.8 Å². The van der Waals surface area contributed by atoms with Crippen molar-refractivity contribution >= 4 is 34.8 Å². The molecule has 10 heteroatoms. The van der Waals surface area contributed by atoms with Crippen LogP contribution in [0.3, 0.4) is 0 Å². The number of hydrogen-bond donors (Lipinski definition) is 2. The Morgan fingerprint density at radius 1 is 0.521 bits per heavy atom. The maximum absolute atomic E-state index is 13.4. The fraction of sp³-hybridized carbons (Fsp3) is 0.105. The van der Waals surface area contributed by atoms with E-state index in [4.69, 9.17) is 0 Å². The number of halogens is 3. The summed E-state index contributed by atoms with van der Waals surface area (Å²) in [4.78, 5) is 54.7. The number of amides is 2. The van der Waals surface area contributed by atoms with Crippen molar-refractivity contribution in [3.05, 3.63) is 167 Å². The second-order valence-electron chi connectivity index (χ2n) is 10.9. The molecule has 2 amide bonds. The van der Waals surface area contributed by atoms with E-state index in [1.54, 1.807) is 71.6 Å². The first-order valence-electron chi connectivity index (χ1n) is 14.9. The molecular formula is C38H30F3N3O4. The number of ketones is 2. The summed E-state index contributed by atoms with van der Waals surface area (Å²) in [6.45, 7) is -0.212. The van der Waals surface area contributed by atoms with Crippen LogP contribution in [0.2, 0.25) is 0 Å². The fourth-order valence-electron chi connectivity index (χ4n) is 5.09. The average Bonchev–Trinajstić information content (AvgIpc) is 3.08. The van der Waals surface area contributed by atoms with Gasteiger partial charge in [-0.25, -0.2) is 0 Å². The average molecular weight is 650 g/mol. The highest BCUT2D eigenvalue weighted by Crippen LogP contribution is 2.30. The zero-order valence-electron chi connectivity index (χ0n) is 25.5. The number of nitrogens with one attached hydrogen (secondary N) is 2. The van der Waals surface area contributed by atoms with E-state index in [1.807, 2.05) is 30.3 Å². The predicted molar refractivity (Wildman–Crippen MR) is 177 cm³/mol. The van der Waals surface area contributed by atoms with Crippen molar-refractivity contribution in [3.8, 4) is 0 Å². The largest absolute Gasteiger partial charge is 0.416 e. The quantitative estimate of drug-likeness (QED) is 0.139. The number of anilines is 2. The van der Waals surface area contributed by atoms with Crippen LogP contribution >= 0.6 is 0 Å². The molecule has 2 N–H and O–H groups in total. The SMILES string of the molecule is O=C(CN(CC(=O)Nc1ccccc1C(=O)c1ccc(C(F)(F)F)cc1)Cc1ccccc1)Nc1ccccc1C(=O)c1ccccc1. The zero-order chi connectivity index (χ0) is 34.1. The van der Waals surface area contributed by atoms with Crippen molar-refractivity contribution in [1.29, 1.82) is 0 Å². The van der Waals surface area contributed by atoms with Crippen LogP contribution in [-0.4, -0.2) is 41.4 Å². The first-order chi connectivity index (χ1) is 23.1. The summed E-state index contributed by atoms with van der Waals surface area (Å²) < 4.78 is 39.1. The lowest BCUT2D eigenvalue weighted by molar-refractivity contribution is -0.137. The number of hydrogen-bond acceptors (Lipinski definition) is 5. The molecule has 5 rings (SSSR count). The first kappa shape index (κ1) is 33.5. The van der Waals surface area contributed by atoms with Crippen LogP contribution in [0, 0.1) is 0 Å². The van der Waals surface area contributed by atoms with Gasteiger partial charge in [-0.2, -0.15) is 13.2 Å². The Bertz CT molecular complexity index is 1910. The third-order valence-electron chi connectivity index (χ3n) is 7.39. The molecule has 0 unspecified atom stereocenters. The van der Waals surface area contributed by atoms with E-state index in [-0.39, 0.29) is 42.2 Å². The predicted octanol–water partition coefficient (Wildman–Crippen LogP) is 7.25. The summed E-state index contributed by atoms with van der Waals surface area (Å²) in [6, 6.07) is 34.6. The maximum Gasteiger partial charge on any atom is 0.416 e. The van der Waals surface area contributed by atoms with Gasteiger partial charge in [-0.05, 0) is 42.0 Å². The highest BCUT2D eigenvalue weighted by atomic mass is 19.4. The van der Waals surface area contributed by atoms with Crippen molar-refractivity contribution in [1.82, 2.24) is 4.90 Å². The lowest BCUT2D eigenvalue weighted by Crippen LogP contribution is -2.38. The summed E-state index contributed by atoms with van der Waals surface area (Å²) in [6.07, 6.45) is -4.54. The molecule has 0 fully saturated rings. The normalized spacial score (nSPS) is 11.2. The van der Waals surface area contributed by atoms with Crippen LogP contribution < -0.4 is 10.6 Å². The highest BCUT2D eigenvalue weighted by molar-refractivity contribution is 6.15.